The van der Waals surface area contributed by atoms with E-state index in [0.29, 0.717) is 13.1 Å². The zero-order chi connectivity index (χ0) is 14.0. The van der Waals surface area contributed by atoms with Gasteiger partial charge in [-0.05, 0) is 46.7 Å². The molecule has 0 atom stereocenters. The molecule has 5 heteroatoms. The first kappa shape index (κ1) is 17.2. The summed E-state index contributed by atoms with van der Waals surface area (Å²) in [6, 6.07) is 0. The quantitative estimate of drug-likeness (QED) is 0.649. The summed E-state index contributed by atoms with van der Waals surface area (Å²) in [6.07, 6.45) is 1.66. The van der Waals surface area contributed by atoms with Gasteiger partial charge in [0.2, 0.25) is 0 Å². The van der Waals surface area contributed by atoms with Crippen LogP contribution in [0.15, 0.2) is 0 Å². The second kappa shape index (κ2) is 9.16. The highest BCUT2D eigenvalue weighted by molar-refractivity contribution is 5.68. The number of hydrogen-bond acceptors (Lipinski definition) is 4. The Labute approximate surface area is 111 Å². The van der Waals surface area contributed by atoms with E-state index in [1.165, 1.54) is 0 Å². The maximum absolute atomic E-state index is 11.9. The molecule has 1 amide bonds. The van der Waals surface area contributed by atoms with Gasteiger partial charge >= 0.3 is 6.09 Å². The first-order valence-corrected chi connectivity index (χ1v) is 6.79. The predicted molar refractivity (Wildman–Crippen MR) is 74.6 cm³/mol. The molecule has 0 unspecified atom stereocenters. The third-order valence-corrected chi connectivity index (χ3v) is 2.26. The van der Waals surface area contributed by atoms with Crippen LogP contribution in [0.3, 0.4) is 0 Å². The van der Waals surface area contributed by atoms with E-state index in [0.717, 1.165) is 32.5 Å². The largest absolute Gasteiger partial charge is 0.444 e. The molecule has 0 spiro atoms. The minimum Gasteiger partial charge on any atom is -0.444 e. The van der Waals surface area contributed by atoms with Crippen LogP contribution in [0.1, 0.15) is 40.5 Å². The van der Waals surface area contributed by atoms with Crippen molar-refractivity contribution in [2.75, 3.05) is 32.7 Å². The van der Waals surface area contributed by atoms with Crippen LogP contribution in [-0.2, 0) is 4.74 Å². The fourth-order valence-corrected chi connectivity index (χ4v) is 1.46. The van der Waals surface area contributed by atoms with Crippen LogP contribution in [-0.4, -0.2) is 49.3 Å². The van der Waals surface area contributed by atoms with Gasteiger partial charge < -0.3 is 20.7 Å². The molecular weight excluding hydrogens is 230 g/mol. The van der Waals surface area contributed by atoms with Crippen LogP contribution in [0.25, 0.3) is 0 Å². The molecule has 0 aliphatic rings. The summed E-state index contributed by atoms with van der Waals surface area (Å²) in [6.45, 7) is 11.5. The number of carbonyl (C=O) groups excluding carboxylic acids is 1. The number of ether oxygens (including phenoxy) is 1. The zero-order valence-corrected chi connectivity index (χ0v) is 12.3. The molecule has 0 saturated heterocycles. The van der Waals surface area contributed by atoms with E-state index in [9.17, 15) is 4.79 Å². The van der Waals surface area contributed by atoms with Crippen molar-refractivity contribution in [1.82, 2.24) is 10.2 Å². The van der Waals surface area contributed by atoms with Crippen molar-refractivity contribution in [2.45, 2.75) is 46.1 Å². The molecule has 0 aromatic carbocycles. The normalized spacial score (nSPS) is 11.4. The fourth-order valence-electron chi connectivity index (χ4n) is 1.46. The molecule has 0 aliphatic carbocycles. The first-order chi connectivity index (χ1) is 8.40. The zero-order valence-electron chi connectivity index (χ0n) is 12.3. The molecule has 3 N–H and O–H groups in total. The molecule has 0 rings (SSSR count). The highest BCUT2D eigenvalue weighted by Gasteiger charge is 2.20. The van der Waals surface area contributed by atoms with E-state index < -0.39 is 5.60 Å². The Balaban J connectivity index is 4.01. The van der Waals surface area contributed by atoms with Crippen LogP contribution in [0.5, 0.6) is 0 Å². The fraction of sp³-hybridized carbons (Fsp3) is 0.923. The van der Waals surface area contributed by atoms with Gasteiger partial charge in [0.25, 0.3) is 0 Å². The molecule has 5 nitrogen and oxygen atoms in total. The Morgan fingerprint density at radius 3 is 2.44 bits per heavy atom. The third kappa shape index (κ3) is 9.24. The third-order valence-electron chi connectivity index (χ3n) is 2.26. The molecule has 108 valence electrons. The molecule has 0 aromatic rings. The van der Waals surface area contributed by atoms with E-state index in [2.05, 4.69) is 12.2 Å². The smallest absolute Gasteiger partial charge is 0.410 e. The van der Waals surface area contributed by atoms with Crippen molar-refractivity contribution in [3.63, 3.8) is 0 Å². The molecule has 0 aliphatic heterocycles. The number of amides is 1. The molecule has 18 heavy (non-hydrogen) atoms. The van der Waals surface area contributed by atoms with Gasteiger partial charge in [0.05, 0.1) is 0 Å². The van der Waals surface area contributed by atoms with E-state index in [4.69, 9.17) is 10.5 Å². The van der Waals surface area contributed by atoms with Gasteiger partial charge in [0, 0.05) is 19.6 Å². The minimum absolute atomic E-state index is 0.232. The van der Waals surface area contributed by atoms with Crippen molar-refractivity contribution in [3.8, 4) is 0 Å². The summed E-state index contributed by atoms with van der Waals surface area (Å²) < 4.78 is 5.37. The van der Waals surface area contributed by atoms with E-state index in [1.54, 1.807) is 4.90 Å². The maximum Gasteiger partial charge on any atom is 0.410 e. The predicted octanol–water partition coefficient (Wildman–Crippen LogP) is 1.57. The molecule has 0 saturated carbocycles. The molecular formula is C13H29N3O2. The average Bonchev–Trinajstić information content (AvgIpc) is 2.25. The van der Waals surface area contributed by atoms with Crippen molar-refractivity contribution in [1.29, 1.82) is 0 Å². The molecule has 0 fully saturated rings. The summed E-state index contributed by atoms with van der Waals surface area (Å²) in [7, 11) is 0. The minimum atomic E-state index is -0.434. The average molecular weight is 259 g/mol. The van der Waals surface area contributed by atoms with Gasteiger partial charge in [-0.25, -0.2) is 4.79 Å². The van der Waals surface area contributed by atoms with Gasteiger partial charge in [0.1, 0.15) is 5.60 Å². The van der Waals surface area contributed by atoms with E-state index in [-0.39, 0.29) is 6.09 Å². The summed E-state index contributed by atoms with van der Waals surface area (Å²) in [5.74, 6) is 0. The van der Waals surface area contributed by atoms with E-state index in [1.807, 2.05) is 20.8 Å². The number of nitrogens with two attached hydrogens (primary N) is 1. The number of nitrogens with one attached hydrogen (secondary N) is 1. The Hall–Kier alpha value is -0.810. The first-order valence-electron chi connectivity index (χ1n) is 6.79. The second-order valence-electron chi connectivity index (χ2n) is 5.36. The summed E-state index contributed by atoms with van der Waals surface area (Å²) in [5, 5.41) is 3.26. The van der Waals surface area contributed by atoms with Crippen molar-refractivity contribution in [3.05, 3.63) is 0 Å². The second-order valence-corrected chi connectivity index (χ2v) is 5.36. The summed E-state index contributed by atoms with van der Waals surface area (Å²) >= 11 is 0. The van der Waals surface area contributed by atoms with Crippen molar-refractivity contribution in [2.24, 2.45) is 5.73 Å². The Bertz CT molecular complexity index is 227. The highest BCUT2D eigenvalue weighted by atomic mass is 16.6. The Morgan fingerprint density at radius 2 is 1.94 bits per heavy atom. The monoisotopic (exact) mass is 259 g/mol. The van der Waals surface area contributed by atoms with Gasteiger partial charge in [-0.15, -0.1) is 0 Å². The summed E-state index contributed by atoms with van der Waals surface area (Å²) in [5.41, 5.74) is 4.98. The lowest BCUT2D eigenvalue weighted by Gasteiger charge is -2.27. The number of rotatable bonds is 8. The lowest BCUT2D eigenvalue weighted by atomic mass is 10.2. The van der Waals surface area contributed by atoms with Crippen molar-refractivity contribution < 1.29 is 9.53 Å². The van der Waals surface area contributed by atoms with E-state index >= 15 is 0 Å². The Kier molecular flexibility index (Phi) is 8.75. The standard InChI is InChI=1S/C13H29N3O2/c1-5-10-16(11-9-15-8-6-7-14)12(17)18-13(2,3)4/h15H,5-11,14H2,1-4H3. The highest BCUT2D eigenvalue weighted by Crippen LogP contribution is 2.09. The maximum atomic E-state index is 11.9. The van der Waals surface area contributed by atoms with Gasteiger partial charge in [0.15, 0.2) is 0 Å². The van der Waals surface area contributed by atoms with Crippen LogP contribution in [0, 0.1) is 0 Å². The SMILES string of the molecule is CCCN(CCNCCCN)C(=O)OC(C)(C)C. The van der Waals surface area contributed by atoms with Gasteiger partial charge in [-0.1, -0.05) is 6.92 Å². The van der Waals surface area contributed by atoms with Crippen LogP contribution in [0.4, 0.5) is 4.79 Å². The van der Waals surface area contributed by atoms with Gasteiger partial charge in [-0.3, -0.25) is 0 Å². The van der Waals surface area contributed by atoms with Gasteiger partial charge in [-0.2, -0.15) is 0 Å². The number of nitrogens with zero attached hydrogens (tertiary/aromatic N) is 1. The molecule has 0 bridgehead atoms. The lowest BCUT2D eigenvalue weighted by molar-refractivity contribution is 0.0252. The van der Waals surface area contributed by atoms with Crippen LogP contribution in [0.2, 0.25) is 0 Å². The molecule has 0 heterocycles. The van der Waals surface area contributed by atoms with Crippen LogP contribution < -0.4 is 11.1 Å². The topological polar surface area (TPSA) is 67.6 Å². The Morgan fingerprint density at radius 1 is 1.28 bits per heavy atom. The molecule has 0 radical (unpaired) electrons. The van der Waals surface area contributed by atoms with Crippen molar-refractivity contribution >= 4 is 6.09 Å². The van der Waals surface area contributed by atoms with Crippen LogP contribution >= 0.6 is 0 Å². The number of carbonyl (C=O) groups is 1. The number of hydrogen-bond donors (Lipinski definition) is 2. The lowest BCUT2D eigenvalue weighted by Crippen LogP contribution is -2.41. The molecule has 0 aromatic heterocycles. The summed E-state index contributed by atoms with van der Waals surface area (Å²) in [4.78, 5) is 13.7.